The number of hydrogen-bond donors (Lipinski definition) is 2. The maximum absolute atomic E-state index is 11.2. The normalized spacial score (nSPS) is 10.4. The first-order chi connectivity index (χ1) is 11.6. The smallest absolute Gasteiger partial charge is 0.329 e. The number of nitrogens with one attached hydrogen (secondary N) is 2. The lowest BCUT2D eigenvalue weighted by atomic mass is 10.2. The summed E-state index contributed by atoms with van der Waals surface area (Å²) in [6.45, 7) is 0.408. The fourth-order valence-electron chi connectivity index (χ4n) is 1.76. The van der Waals surface area contributed by atoms with Gasteiger partial charge in [0, 0.05) is 12.1 Å². The Bertz CT molecular complexity index is 745. The molecule has 2 N–H and O–H groups in total. The second kappa shape index (κ2) is 8.69. The third kappa shape index (κ3) is 5.40. The monoisotopic (exact) mass is 345 g/mol. The van der Waals surface area contributed by atoms with Crippen LogP contribution in [0.4, 0.5) is 0 Å². The molecule has 0 radical (unpaired) electrons. The molecule has 0 spiro atoms. The predicted octanol–water partition coefficient (Wildman–Crippen LogP) is 2.12. The van der Waals surface area contributed by atoms with Gasteiger partial charge in [-0.1, -0.05) is 35.9 Å². The number of rotatable bonds is 5. The Morgan fingerprint density at radius 3 is 2.62 bits per heavy atom. The van der Waals surface area contributed by atoms with Gasteiger partial charge in [0.2, 0.25) is 0 Å². The number of ether oxygens (including phenoxy) is 1. The molecule has 2 rings (SSSR count). The van der Waals surface area contributed by atoms with E-state index in [-0.39, 0.29) is 0 Å². The van der Waals surface area contributed by atoms with E-state index in [1.165, 1.54) is 13.3 Å². The molecule has 2 amide bonds. The van der Waals surface area contributed by atoms with Crippen LogP contribution in [-0.2, 0) is 16.2 Å². The van der Waals surface area contributed by atoms with Gasteiger partial charge in [0.25, 0.3) is 0 Å². The topological polar surface area (TPSA) is 79.8 Å². The molecule has 124 valence electrons. The molecule has 0 unspecified atom stereocenters. The zero-order valence-electron chi connectivity index (χ0n) is 13.0. The van der Waals surface area contributed by atoms with Crippen LogP contribution in [0.25, 0.3) is 0 Å². The van der Waals surface area contributed by atoms with Crippen molar-refractivity contribution in [3.05, 3.63) is 64.7 Å². The van der Waals surface area contributed by atoms with Crippen LogP contribution >= 0.6 is 11.6 Å². The Hall–Kier alpha value is -2.86. The van der Waals surface area contributed by atoms with Crippen molar-refractivity contribution >= 4 is 29.6 Å². The second-order valence-corrected chi connectivity index (χ2v) is 5.20. The van der Waals surface area contributed by atoms with Crippen molar-refractivity contribution in [3.8, 4) is 5.75 Å². The first kappa shape index (κ1) is 17.5. The molecule has 0 saturated heterocycles. The molecule has 0 saturated carbocycles. The van der Waals surface area contributed by atoms with E-state index in [1.807, 2.05) is 18.2 Å². The Kier molecular flexibility index (Phi) is 6.33. The molecule has 0 aliphatic heterocycles. The van der Waals surface area contributed by atoms with Gasteiger partial charge in [-0.25, -0.2) is 5.43 Å². The van der Waals surface area contributed by atoms with Gasteiger partial charge in [0.15, 0.2) is 0 Å². The van der Waals surface area contributed by atoms with Gasteiger partial charge in [-0.3, -0.25) is 9.59 Å². The van der Waals surface area contributed by atoms with Crippen molar-refractivity contribution in [1.82, 2.24) is 10.7 Å². The van der Waals surface area contributed by atoms with Gasteiger partial charge in [-0.15, -0.1) is 0 Å². The van der Waals surface area contributed by atoms with Crippen molar-refractivity contribution in [2.45, 2.75) is 6.61 Å². The van der Waals surface area contributed by atoms with Crippen molar-refractivity contribution in [1.29, 1.82) is 0 Å². The lowest BCUT2D eigenvalue weighted by Crippen LogP contribution is -2.35. The third-order valence-electron chi connectivity index (χ3n) is 2.99. The van der Waals surface area contributed by atoms with E-state index in [0.29, 0.717) is 17.4 Å². The maximum Gasteiger partial charge on any atom is 0.329 e. The van der Waals surface area contributed by atoms with Gasteiger partial charge in [0.1, 0.15) is 12.4 Å². The fraction of sp³-hybridized carbons (Fsp3) is 0.118. The minimum Gasteiger partial charge on any atom is -0.489 e. The lowest BCUT2D eigenvalue weighted by Gasteiger charge is -2.07. The Balaban J connectivity index is 1.92. The summed E-state index contributed by atoms with van der Waals surface area (Å²) in [5.41, 5.74) is 3.85. The number of carbonyl (C=O) groups excluding carboxylic acids is 2. The lowest BCUT2D eigenvalue weighted by molar-refractivity contribution is -0.138. The van der Waals surface area contributed by atoms with E-state index >= 15 is 0 Å². The highest BCUT2D eigenvalue weighted by atomic mass is 35.5. The molecule has 0 atom stereocenters. The molecule has 0 fully saturated rings. The van der Waals surface area contributed by atoms with Gasteiger partial charge in [-0.05, 0) is 35.4 Å². The van der Waals surface area contributed by atoms with Crippen LogP contribution in [0.1, 0.15) is 11.1 Å². The number of amides is 2. The van der Waals surface area contributed by atoms with Crippen LogP contribution in [0, 0.1) is 0 Å². The number of benzene rings is 2. The van der Waals surface area contributed by atoms with E-state index in [0.717, 1.165) is 11.1 Å². The SMILES string of the molecule is CNC(=O)C(=O)N/N=C\c1cccc(OCc2ccc(Cl)cc2)c1. The standard InChI is InChI=1S/C17H16ClN3O3/c1-19-16(22)17(23)21-20-10-13-3-2-4-15(9-13)24-11-12-5-7-14(18)8-6-12/h2-10H,11H2,1H3,(H,19,22)(H,21,23)/b20-10-. The van der Waals surface area contributed by atoms with Crippen molar-refractivity contribution in [3.63, 3.8) is 0 Å². The highest BCUT2D eigenvalue weighted by Crippen LogP contribution is 2.15. The highest BCUT2D eigenvalue weighted by Gasteiger charge is 2.08. The summed E-state index contributed by atoms with van der Waals surface area (Å²) in [5.74, 6) is -0.928. The average molecular weight is 346 g/mol. The van der Waals surface area contributed by atoms with Crippen LogP contribution in [0.15, 0.2) is 53.6 Å². The molecule has 2 aromatic carbocycles. The Morgan fingerprint density at radius 1 is 1.17 bits per heavy atom. The summed E-state index contributed by atoms with van der Waals surface area (Å²) in [5, 5.41) is 6.61. The van der Waals surface area contributed by atoms with Crippen molar-refractivity contribution in [2.75, 3.05) is 7.05 Å². The van der Waals surface area contributed by atoms with Crippen LogP contribution in [0.2, 0.25) is 5.02 Å². The van der Waals surface area contributed by atoms with E-state index in [9.17, 15) is 9.59 Å². The first-order valence-electron chi connectivity index (χ1n) is 7.11. The maximum atomic E-state index is 11.2. The molecule has 0 aliphatic carbocycles. The molecule has 0 aromatic heterocycles. The third-order valence-corrected chi connectivity index (χ3v) is 3.24. The summed E-state index contributed by atoms with van der Waals surface area (Å²) in [7, 11) is 1.37. The molecule has 0 bridgehead atoms. The van der Waals surface area contributed by atoms with Gasteiger partial charge < -0.3 is 10.1 Å². The summed E-state index contributed by atoms with van der Waals surface area (Å²) >= 11 is 5.84. The van der Waals surface area contributed by atoms with Crippen molar-refractivity contribution < 1.29 is 14.3 Å². The average Bonchev–Trinajstić information content (AvgIpc) is 2.61. The zero-order valence-corrected chi connectivity index (χ0v) is 13.7. The molecule has 7 heteroatoms. The Morgan fingerprint density at radius 2 is 1.92 bits per heavy atom. The molecule has 2 aromatic rings. The first-order valence-corrected chi connectivity index (χ1v) is 7.48. The van der Waals surface area contributed by atoms with E-state index in [1.54, 1.807) is 30.3 Å². The number of carbonyl (C=O) groups is 2. The van der Waals surface area contributed by atoms with Crippen LogP contribution in [0.3, 0.4) is 0 Å². The van der Waals surface area contributed by atoms with Crippen molar-refractivity contribution in [2.24, 2.45) is 5.10 Å². The van der Waals surface area contributed by atoms with Crippen LogP contribution < -0.4 is 15.5 Å². The molecule has 24 heavy (non-hydrogen) atoms. The second-order valence-electron chi connectivity index (χ2n) is 4.77. The van der Waals surface area contributed by atoms with Crippen LogP contribution in [-0.4, -0.2) is 25.1 Å². The largest absolute Gasteiger partial charge is 0.489 e. The predicted molar refractivity (Wildman–Crippen MR) is 92.0 cm³/mol. The number of hydrogen-bond acceptors (Lipinski definition) is 4. The number of hydrazone groups is 1. The Labute approximate surface area is 144 Å². The van der Waals surface area contributed by atoms with E-state index in [2.05, 4.69) is 15.8 Å². The minimum atomic E-state index is -0.830. The molecule has 0 heterocycles. The summed E-state index contributed by atoms with van der Waals surface area (Å²) in [6, 6.07) is 14.6. The minimum absolute atomic E-state index is 0.408. The summed E-state index contributed by atoms with van der Waals surface area (Å²) < 4.78 is 5.70. The zero-order chi connectivity index (χ0) is 17.4. The molecular formula is C17H16ClN3O3. The van der Waals surface area contributed by atoms with Gasteiger partial charge in [-0.2, -0.15) is 5.10 Å². The number of likely N-dealkylation sites (N-methyl/N-ethyl adjacent to an activating group) is 1. The highest BCUT2D eigenvalue weighted by molar-refractivity contribution is 6.35. The number of halogens is 1. The van der Waals surface area contributed by atoms with Gasteiger partial charge in [0.05, 0.1) is 6.21 Å². The molecule has 0 aliphatic rings. The fourth-order valence-corrected chi connectivity index (χ4v) is 1.89. The summed E-state index contributed by atoms with van der Waals surface area (Å²) in [6.07, 6.45) is 1.43. The molecule has 6 nitrogen and oxygen atoms in total. The number of nitrogens with zero attached hydrogens (tertiary/aromatic N) is 1. The quantitative estimate of drug-likeness (QED) is 0.495. The van der Waals surface area contributed by atoms with Gasteiger partial charge >= 0.3 is 11.8 Å². The van der Waals surface area contributed by atoms with E-state index < -0.39 is 11.8 Å². The van der Waals surface area contributed by atoms with E-state index in [4.69, 9.17) is 16.3 Å². The van der Waals surface area contributed by atoms with Crippen LogP contribution in [0.5, 0.6) is 5.75 Å². The summed E-state index contributed by atoms with van der Waals surface area (Å²) in [4.78, 5) is 22.3. The molecular weight excluding hydrogens is 330 g/mol.